The van der Waals surface area contributed by atoms with Crippen molar-refractivity contribution in [2.75, 3.05) is 6.61 Å². The van der Waals surface area contributed by atoms with Gasteiger partial charge in [0.05, 0.1) is 18.7 Å². The van der Waals surface area contributed by atoms with Gasteiger partial charge in [-0.15, -0.1) is 6.58 Å². The fourth-order valence-corrected chi connectivity index (χ4v) is 12.3. The third-order valence-electron chi connectivity index (χ3n) is 9.54. The molecule has 4 aromatic carbocycles. The third kappa shape index (κ3) is 6.91. The highest BCUT2D eigenvalue weighted by atomic mass is 35.5. The average Bonchev–Trinajstić information content (AvgIpc) is 3.05. The summed E-state index contributed by atoms with van der Waals surface area (Å²) in [5.74, 6) is -0.00703. The molecule has 46 heavy (non-hydrogen) atoms. The summed E-state index contributed by atoms with van der Waals surface area (Å²) in [4.78, 5) is 16.8. The van der Waals surface area contributed by atoms with Gasteiger partial charge in [-0.25, -0.2) is 0 Å². The number of allylic oxidation sites excluding steroid dienone is 1. The van der Waals surface area contributed by atoms with E-state index < -0.39 is 8.32 Å². The first-order chi connectivity index (χ1) is 22.1. The zero-order chi connectivity index (χ0) is 32.9. The van der Waals surface area contributed by atoms with E-state index in [0.29, 0.717) is 29.5 Å². The first-order valence-corrected chi connectivity index (χ1v) is 19.0. The minimum absolute atomic E-state index is 0.0319. The summed E-state index contributed by atoms with van der Waals surface area (Å²) in [7, 11) is -2.83. The van der Waals surface area contributed by atoms with Gasteiger partial charge >= 0.3 is 0 Å². The lowest BCUT2D eigenvalue weighted by molar-refractivity contribution is -0.147. The van der Waals surface area contributed by atoms with Crippen molar-refractivity contribution in [2.45, 2.75) is 70.0 Å². The fourth-order valence-electron chi connectivity index (χ4n) is 7.37. The van der Waals surface area contributed by atoms with Gasteiger partial charge < -0.3 is 9.33 Å². The maximum Gasteiger partial charge on any atom is 0.261 e. The zero-order valence-electron chi connectivity index (χ0n) is 27.3. The van der Waals surface area contributed by atoms with Crippen LogP contribution in [0.25, 0.3) is 0 Å². The van der Waals surface area contributed by atoms with Gasteiger partial charge in [-0.3, -0.25) is 4.79 Å². The maximum absolute atomic E-state index is 14.7. The van der Waals surface area contributed by atoms with Crippen molar-refractivity contribution in [3.8, 4) is 0 Å². The SMILES string of the molecule is C=CC[C@@H]1CC(c2cccc(Cl)c2)[C@@H](c2ccc(Cl)cc2)N([C@@H](CC)CO[Si](c2ccccc2)(c2ccccc2)C(C)(C)C)C1=O. The number of likely N-dealkylation sites (tertiary alicyclic amines) is 1. The highest BCUT2D eigenvalue weighted by Crippen LogP contribution is 2.48. The Bertz CT molecular complexity index is 1560. The lowest BCUT2D eigenvalue weighted by Crippen LogP contribution is -2.67. The van der Waals surface area contributed by atoms with E-state index in [4.69, 9.17) is 27.6 Å². The highest BCUT2D eigenvalue weighted by molar-refractivity contribution is 6.99. The number of carbonyl (C=O) groups excluding carboxylic acids is 1. The third-order valence-corrected chi connectivity index (χ3v) is 15.0. The highest BCUT2D eigenvalue weighted by Gasteiger charge is 2.51. The Balaban J connectivity index is 1.64. The van der Waals surface area contributed by atoms with E-state index in [2.05, 4.69) is 118 Å². The molecular weight excluding hydrogens is 625 g/mol. The van der Waals surface area contributed by atoms with Gasteiger partial charge in [0.25, 0.3) is 8.32 Å². The molecule has 3 nitrogen and oxygen atoms in total. The minimum Gasteiger partial charge on any atom is -0.405 e. The van der Waals surface area contributed by atoms with Gasteiger partial charge in [0.15, 0.2) is 0 Å². The summed E-state index contributed by atoms with van der Waals surface area (Å²) in [5.41, 5.74) is 2.19. The molecule has 1 saturated heterocycles. The van der Waals surface area contributed by atoms with E-state index in [0.717, 1.165) is 17.5 Å². The number of amides is 1. The number of piperidine rings is 1. The van der Waals surface area contributed by atoms with Crippen molar-refractivity contribution in [1.29, 1.82) is 0 Å². The summed E-state index contributed by atoms with van der Waals surface area (Å²) in [6.07, 6.45) is 3.95. The molecule has 5 rings (SSSR count). The van der Waals surface area contributed by atoms with Gasteiger partial charge in [-0.2, -0.15) is 0 Å². The second kappa shape index (κ2) is 14.7. The Morgan fingerprint density at radius 3 is 2.00 bits per heavy atom. The molecule has 0 aliphatic carbocycles. The molecule has 1 amide bonds. The number of hydrogen-bond donors (Lipinski definition) is 0. The van der Waals surface area contributed by atoms with Gasteiger partial charge in [0, 0.05) is 21.9 Å². The average molecular weight is 671 g/mol. The van der Waals surface area contributed by atoms with Crippen molar-refractivity contribution >= 4 is 47.8 Å². The largest absolute Gasteiger partial charge is 0.405 e. The molecular formula is C40H45Cl2NO2Si. The lowest BCUT2D eigenvalue weighted by atomic mass is 9.74. The number of carbonyl (C=O) groups is 1. The van der Waals surface area contributed by atoms with Crippen LogP contribution >= 0.6 is 23.2 Å². The Hall–Kier alpha value is -3.15. The smallest absolute Gasteiger partial charge is 0.261 e. The Morgan fingerprint density at radius 2 is 1.48 bits per heavy atom. The van der Waals surface area contributed by atoms with Crippen molar-refractivity contribution in [3.63, 3.8) is 0 Å². The van der Waals surface area contributed by atoms with Crippen LogP contribution in [0.1, 0.15) is 70.0 Å². The second-order valence-electron chi connectivity index (χ2n) is 13.4. The van der Waals surface area contributed by atoms with E-state index in [-0.39, 0.29) is 34.9 Å². The summed E-state index contributed by atoms with van der Waals surface area (Å²) < 4.78 is 7.46. The molecule has 4 aromatic rings. The molecule has 1 fully saturated rings. The molecule has 0 bridgehead atoms. The van der Waals surface area contributed by atoms with Crippen molar-refractivity contribution in [3.05, 3.63) is 143 Å². The van der Waals surface area contributed by atoms with Gasteiger partial charge in [-0.1, -0.05) is 142 Å². The molecule has 0 spiro atoms. The van der Waals surface area contributed by atoms with E-state index in [1.54, 1.807) is 0 Å². The maximum atomic E-state index is 14.7. The number of rotatable bonds is 11. The van der Waals surface area contributed by atoms with Crippen molar-refractivity contribution in [1.82, 2.24) is 4.90 Å². The number of benzene rings is 4. The Morgan fingerprint density at radius 1 is 0.870 bits per heavy atom. The van der Waals surface area contributed by atoms with Crippen LogP contribution in [0.3, 0.4) is 0 Å². The molecule has 1 aliphatic heterocycles. The van der Waals surface area contributed by atoms with Gasteiger partial charge in [0.2, 0.25) is 5.91 Å². The standard InChI is InChI=1S/C40H45Cl2NO2Si/c1-6-15-31-27-37(30-16-14-17-33(42)26-30)38(29-22-24-32(41)25-23-29)43(39(31)44)34(7-2)28-45-46(40(3,4)5,35-18-10-8-11-19-35)36-20-12-9-13-21-36/h6,8-14,16-26,31,34,37-38H,1,7,15,27-28H2,2-5H3/t31-,34+,37?,38-/m1/s1. The zero-order valence-corrected chi connectivity index (χ0v) is 29.8. The lowest BCUT2D eigenvalue weighted by Gasteiger charge is -2.50. The summed E-state index contributed by atoms with van der Waals surface area (Å²) in [5, 5.41) is 3.64. The molecule has 1 unspecified atom stereocenters. The molecule has 0 radical (unpaired) electrons. The molecule has 240 valence electrons. The summed E-state index contributed by atoms with van der Waals surface area (Å²) >= 11 is 12.9. The van der Waals surface area contributed by atoms with E-state index in [1.165, 1.54) is 10.4 Å². The quantitative estimate of drug-likeness (QED) is 0.118. The topological polar surface area (TPSA) is 29.5 Å². The molecule has 0 N–H and O–H groups in total. The molecule has 4 atom stereocenters. The van der Waals surface area contributed by atoms with Crippen LogP contribution in [-0.4, -0.2) is 31.8 Å². The predicted molar refractivity (Wildman–Crippen MR) is 196 cm³/mol. The Labute approximate surface area is 286 Å². The van der Waals surface area contributed by atoms with Crippen molar-refractivity contribution < 1.29 is 9.22 Å². The normalized spacial score (nSPS) is 19.6. The number of halogens is 2. The summed E-state index contributed by atoms with van der Waals surface area (Å²) in [6.45, 7) is 13.5. The fraction of sp³-hybridized carbons (Fsp3) is 0.325. The van der Waals surface area contributed by atoms with Gasteiger partial charge in [0.1, 0.15) is 0 Å². The molecule has 0 saturated carbocycles. The van der Waals surface area contributed by atoms with Crippen LogP contribution in [0.15, 0.2) is 122 Å². The monoisotopic (exact) mass is 669 g/mol. The van der Waals surface area contributed by atoms with Crippen LogP contribution in [0.5, 0.6) is 0 Å². The number of hydrogen-bond acceptors (Lipinski definition) is 2. The van der Waals surface area contributed by atoms with Crippen LogP contribution < -0.4 is 10.4 Å². The van der Waals surface area contributed by atoms with E-state index >= 15 is 0 Å². The molecule has 1 aliphatic rings. The minimum atomic E-state index is -2.83. The Kier molecular flexibility index (Phi) is 10.9. The van der Waals surface area contributed by atoms with Gasteiger partial charge in [-0.05, 0) is 70.1 Å². The first kappa shape index (κ1) is 34.2. The molecule has 6 heteroatoms. The summed E-state index contributed by atoms with van der Waals surface area (Å²) in [6, 6.07) is 37.1. The van der Waals surface area contributed by atoms with Crippen LogP contribution in [-0.2, 0) is 9.22 Å². The van der Waals surface area contributed by atoms with Crippen molar-refractivity contribution in [2.24, 2.45) is 5.92 Å². The van der Waals surface area contributed by atoms with Crippen LogP contribution in [0, 0.1) is 5.92 Å². The van der Waals surface area contributed by atoms with E-state index in [1.807, 2.05) is 36.4 Å². The van der Waals surface area contributed by atoms with Crippen LogP contribution in [0.2, 0.25) is 15.1 Å². The first-order valence-electron chi connectivity index (χ1n) is 16.3. The second-order valence-corrected chi connectivity index (χ2v) is 18.6. The molecule has 0 aromatic heterocycles. The predicted octanol–water partition coefficient (Wildman–Crippen LogP) is 9.60. The van der Waals surface area contributed by atoms with Crippen LogP contribution in [0.4, 0.5) is 0 Å². The number of nitrogens with zero attached hydrogens (tertiary/aromatic N) is 1. The molecule has 1 heterocycles. The van der Waals surface area contributed by atoms with E-state index in [9.17, 15) is 4.79 Å².